The van der Waals surface area contributed by atoms with Gasteiger partial charge in [0.2, 0.25) is 0 Å². The van der Waals surface area contributed by atoms with E-state index in [4.69, 9.17) is 9.98 Å². The van der Waals surface area contributed by atoms with Crippen LogP contribution in [0.2, 0.25) is 0 Å². The first-order valence-electron chi connectivity index (χ1n) is 15.5. The van der Waals surface area contributed by atoms with Crippen molar-refractivity contribution in [1.82, 2.24) is 0 Å². The van der Waals surface area contributed by atoms with Gasteiger partial charge in [-0.15, -0.1) is 0 Å². The highest BCUT2D eigenvalue weighted by atomic mass is 14.9. The molecule has 0 heterocycles. The molecule has 0 bridgehead atoms. The van der Waals surface area contributed by atoms with Gasteiger partial charge in [-0.05, 0) is 101 Å². The lowest BCUT2D eigenvalue weighted by atomic mass is 9.91. The minimum absolute atomic E-state index is 0.232. The van der Waals surface area contributed by atoms with Crippen LogP contribution in [0.3, 0.4) is 0 Å². The normalized spacial score (nSPS) is 19.1. The van der Waals surface area contributed by atoms with E-state index in [1.807, 2.05) is 0 Å². The smallest absolute Gasteiger partial charge is 0.0726 e. The average Bonchev–Trinajstić information content (AvgIpc) is 2.94. The highest BCUT2D eigenvalue weighted by Crippen LogP contribution is 2.27. The Balaban J connectivity index is 1.75. The maximum atomic E-state index is 5.19. The monoisotopic (exact) mass is 540 g/mol. The first kappa shape index (κ1) is 31.4. The molecule has 0 radical (unpaired) electrons. The van der Waals surface area contributed by atoms with Crippen molar-refractivity contribution in [2.45, 2.75) is 119 Å². The number of anilines is 2. The number of para-hydroxylation sites is 2. The molecule has 1 fully saturated rings. The van der Waals surface area contributed by atoms with Gasteiger partial charge in [0.1, 0.15) is 0 Å². The van der Waals surface area contributed by atoms with E-state index in [1.54, 1.807) is 0 Å². The van der Waals surface area contributed by atoms with Crippen LogP contribution in [-0.4, -0.2) is 23.5 Å². The van der Waals surface area contributed by atoms with Gasteiger partial charge in [-0.1, -0.05) is 76.9 Å². The second kappa shape index (κ2) is 15.6. The molecule has 0 unspecified atom stereocenters. The standard InChI is InChI=1S/C36H52N4/c1-9-29-17-15-18-30(10-2)35(29)39-27(7)23-25(5)37-33-21-13-14-22-34(33)38-26(6)24-28(8)40-36-31(11-3)19-16-20-32(36)12-4/h15-20,23-24,33-34,39-40H,9-14,21-22H2,1-8H3/b27-23-,28-24?,37-25?,38-26?/t33-,34-/m0/s1. The third-order valence-corrected chi connectivity index (χ3v) is 7.93. The van der Waals surface area contributed by atoms with Crippen molar-refractivity contribution in [3.05, 3.63) is 82.2 Å². The number of nitrogens with one attached hydrogen (secondary N) is 2. The van der Waals surface area contributed by atoms with Gasteiger partial charge in [-0.2, -0.15) is 0 Å². The summed E-state index contributed by atoms with van der Waals surface area (Å²) in [5, 5.41) is 7.38. The second-order valence-corrected chi connectivity index (χ2v) is 11.2. The van der Waals surface area contributed by atoms with Crippen LogP contribution >= 0.6 is 0 Å². The number of nitrogens with zero attached hydrogens (tertiary/aromatic N) is 2. The fourth-order valence-electron chi connectivity index (χ4n) is 5.89. The van der Waals surface area contributed by atoms with Crippen LogP contribution in [0, 0.1) is 0 Å². The van der Waals surface area contributed by atoms with E-state index in [9.17, 15) is 0 Å². The molecule has 40 heavy (non-hydrogen) atoms. The lowest BCUT2D eigenvalue weighted by Crippen LogP contribution is -2.28. The molecule has 2 aromatic carbocycles. The van der Waals surface area contributed by atoms with Gasteiger partial charge in [0.05, 0.1) is 12.1 Å². The summed E-state index contributed by atoms with van der Waals surface area (Å²) in [4.78, 5) is 10.4. The van der Waals surface area contributed by atoms with Crippen LogP contribution in [-0.2, 0) is 25.7 Å². The molecular formula is C36H52N4. The molecule has 0 spiro atoms. The summed E-state index contributed by atoms with van der Waals surface area (Å²) in [6.45, 7) is 17.4. The molecule has 2 N–H and O–H groups in total. The number of hydrogen-bond donors (Lipinski definition) is 2. The van der Waals surface area contributed by atoms with Gasteiger partial charge in [0, 0.05) is 34.2 Å². The summed E-state index contributed by atoms with van der Waals surface area (Å²) in [5.41, 5.74) is 12.4. The number of aryl methyl sites for hydroxylation is 4. The van der Waals surface area contributed by atoms with E-state index >= 15 is 0 Å². The van der Waals surface area contributed by atoms with Crippen LogP contribution in [0.4, 0.5) is 11.4 Å². The summed E-state index contributed by atoms with van der Waals surface area (Å²) in [6.07, 6.45) is 13.1. The Morgan fingerprint density at radius 1 is 0.625 bits per heavy atom. The summed E-state index contributed by atoms with van der Waals surface area (Å²) < 4.78 is 0. The molecule has 0 amide bonds. The fraction of sp³-hybridized carbons (Fsp3) is 0.500. The first-order chi connectivity index (χ1) is 19.3. The van der Waals surface area contributed by atoms with Crippen LogP contribution in [0.5, 0.6) is 0 Å². The average molecular weight is 541 g/mol. The van der Waals surface area contributed by atoms with E-state index in [0.29, 0.717) is 0 Å². The van der Waals surface area contributed by atoms with Crippen LogP contribution in [0.15, 0.2) is 69.9 Å². The molecular weight excluding hydrogens is 488 g/mol. The summed E-state index contributed by atoms with van der Waals surface area (Å²) in [7, 11) is 0. The molecule has 216 valence electrons. The van der Waals surface area contributed by atoms with Gasteiger partial charge in [-0.3, -0.25) is 9.98 Å². The molecule has 0 aromatic heterocycles. The summed E-state index contributed by atoms with van der Waals surface area (Å²) in [5.74, 6) is 0. The maximum absolute atomic E-state index is 5.19. The van der Waals surface area contributed by atoms with Crippen LogP contribution < -0.4 is 10.6 Å². The lowest BCUT2D eigenvalue weighted by molar-refractivity contribution is 0.388. The van der Waals surface area contributed by atoms with E-state index in [1.165, 1.54) is 46.5 Å². The SMILES string of the molecule is CCc1cccc(CC)c1NC(C)=CC(C)=N[C@H]1CCCC[C@@H]1N=C(C)/C=C(/C)Nc1c(CC)cccc1CC. The van der Waals surface area contributed by atoms with Gasteiger partial charge >= 0.3 is 0 Å². The van der Waals surface area contributed by atoms with E-state index < -0.39 is 0 Å². The van der Waals surface area contributed by atoms with Gasteiger partial charge in [0.25, 0.3) is 0 Å². The third kappa shape index (κ3) is 8.68. The largest absolute Gasteiger partial charge is 0.359 e. The number of aliphatic imine (C=N–C) groups is 2. The Morgan fingerprint density at radius 3 is 1.25 bits per heavy atom. The minimum Gasteiger partial charge on any atom is -0.359 e. The molecule has 0 aliphatic heterocycles. The van der Waals surface area contributed by atoms with E-state index in [-0.39, 0.29) is 12.1 Å². The van der Waals surface area contributed by atoms with Crippen molar-refractivity contribution in [2.24, 2.45) is 9.98 Å². The zero-order valence-corrected chi connectivity index (χ0v) is 26.3. The molecule has 4 nitrogen and oxygen atoms in total. The van der Waals surface area contributed by atoms with Crippen LogP contribution in [0.1, 0.15) is 103 Å². The van der Waals surface area contributed by atoms with Crippen molar-refractivity contribution in [2.75, 3.05) is 10.6 Å². The Labute approximate surface area is 244 Å². The second-order valence-electron chi connectivity index (χ2n) is 11.2. The molecule has 1 aliphatic rings. The minimum atomic E-state index is 0.232. The predicted molar refractivity (Wildman–Crippen MR) is 177 cm³/mol. The Kier molecular flexibility index (Phi) is 12.2. The van der Waals surface area contributed by atoms with Gasteiger partial charge in [-0.25, -0.2) is 0 Å². The van der Waals surface area contributed by atoms with Crippen molar-refractivity contribution < 1.29 is 0 Å². The molecule has 4 heteroatoms. The first-order valence-corrected chi connectivity index (χ1v) is 15.5. The molecule has 2 atom stereocenters. The Bertz CT molecular complexity index is 1110. The van der Waals surface area contributed by atoms with Crippen LogP contribution in [0.25, 0.3) is 0 Å². The molecule has 3 rings (SSSR count). The zero-order valence-electron chi connectivity index (χ0n) is 26.3. The van der Waals surface area contributed by atoms with Gasteiger partial charge < -0.3 is 10.6 Å². The lowest BCUT2D eigenvalue weighted by Gasteiger charge is -2.26. The number of hydrogen-bond acceptors (Lipinski definition) is 4. The molecule has 1 aliphatic carbocycles. The maximum Gasteiger partial charge on any atom is 0.0726 e. The number of rotatable bonds is 12. The van der Waals surface area contributed by atoms with Crippen molar-refractivity contribution in [1.29, 1.82) is 0 Å². The molecule has 1 saturated carbocycles. The quantitative estimate of drug-likeness (QED) is 0.263. The predicted octanol–water partition coefficient (Wildman–Crippen LogP) is 9.50. The zero-order chi connectivity index (χ0) is 29.1. The fourth-order valence-corrected chi connectivity index (χ4v) is 5.89. The third-order valence-electron chi connectivity index (χ3n) is 7.93. The van der Waals surface area contributed by atoms with Crippen molar-refractivity contribution in [3.63, 3.8) is 0 Å². The van der Waals surface area contributed by atoms with E-state index in [2.05, 4.69) is 115 Å². The summed E-state index contributed by atoms with van der Waals surface area (Å²) in [6, 6.07) is 13.7. The summed E-state index contributed by atoms with van der Waals surface area (Å²) >= 11 is 0. The number of benzene rings is 2. The Hall–Kier alpha value is -3.14. The van der Waals surface area contributed by atoms with Gasteiger partial charge in [0.15, 0.2) is 0 Å². The Morgan fingerprint density at radius 2 is 0.950 bits per heavy atom. The highest BCUT2D eigenvalue weighted by Gasteiger charge is 2.24. The van der Waals surface area contributed by atoms with E-state index in [0.717, 1.165) is 61.3 Å². The molecule has 2 aromatic rings. The topological polar surface area (TPSA) is 48.8 Å². The van der Waals surface area contributed by atoms with Crippen molar-refractivity contribution >= 4 is 22.8 Å². The number of allylic oxidation sites excluding steroid dienone is 4. The van der Waals surface area contributed by atoms with Crippen molar-refractivity contribution in [3.8, 4) is 0 Å². The highest BCUT2D eigenvalue weighted by molar-refractivity contribution is 5.95. The molecule has 0 saturated heterocycles.